The SMILES string of the molecule is CN(C)c1nccn1CCCc1ccc2cc(OCC3(C(=O)O)CC3)ccc2c1. The molecule has 6 heteroatoms. The van der Waals surface area contributed by atoms with Gasteiger partial charge in [0.25, 0.3) is 0 Å². The molecule has 1 aromatic heterocycles. The summed E-state index contributed by atoms with van der Waals surface area (Å²) in [5.74, 6) is 0.956. The Kier molecular flexibility index (Phi) is 5.18. The summed E-state index contributed by atoms with van der Waals surface area (Å²) in [7, 11) is 4.01. The Morgan fingerprint density at radius 1 is 1.21 bits per heavy atom. The molecule has 1 heterocycles. The summed E-state index contributed by atoms with van der Waals surface area (Å²) in [5.41, 5.74) is 0.640. The Morgan fingerprint density at radius 3 is 2.69 bits per heavy atom. The summed E-state index contributed by atoms with van der Waals surface area (Å²) >= 11 is 0. The lowest BCUT2D eigenvalue weighted by Gasteiger charge is -2.14. The predicted octanol–water partition coefficient (Wildman–Crippen LogP) is 3.98. The number of aryl methyl sites for hydroxylation is 2. The molecule has 29 heavy (non-hydrogen) atoms. The van der Waals surface area contributed by atoms with Crippen LogP contribution in [-0.4, -0.2) is 41.3 Å². The van der Waals surface area contributed by atoms with Crippen molar-refractivity contribution in [2.45, 2.75) is 32.2 Å². The zero-order valence-electron chi connectivity index (χ0n) is 17.0. The van der Waals surface area contributed by atoms with Crippen molar-refractivity contribution in [1.82, 2.24) is 9.55 Å². The number of benzene rings is 2. The maximum absolute atomic E-state index is 11.3. The Balaban J connectivity index is 1.37. The summed E-state index contributed by atoms with van der Waals surface area (Å²) < 4.78 is 7.95. The van der Waals surface area contributed by atoms with Crippen molar-refractivity contribution in [1.29, 1.82) is 0 Å². The Hall–Kier alpha value is -3.02. The molecule has 0 saturated heterocycles. The van der Waals surface area contributed by atoms with E-state index in [0.29, 0.717) is 12.8 Å². The Bertz CT molecular complexity index is 1020. The molecule has 1 aliphatic rings. The second-order valence-corrected chi connectivity index (χ2v) is 8.14. The molecule has 0 unspecified atom stereocenters. The molecule has 2 aromatic carbocycles. The highest BCUT2D eigenvalue weighted by molar-refractivity contribution is 5.84. The van der Waals surface area contributed by atoms with Gasteiger partial charge in [-0.15, -0.1) is 0 Å². The van der Waals surface area contributed by atoms with Gasteiger partial charge < -0.3 is 19.3 Å². The van der Waals surface area contributed by atoms with Gasteiger partial charge in [0.05, 0.1) is 0 Å². The molecule has 0 radical (unpaired) electrons. The van der Waals surface area contributed by atoms with E-state index in [4.69, 9.17) is 4.74 Å². The predicted molar refractivity (Wildman–Crippen MR) is 114 cm³/mol. The van der Waals surface area contributed by atoms with E-state index in [2.05, 4.69) is 33.8 Å². The molecule has 3 aromatic rings. The fourth-order valence-corrected chi connectivity index (χ4v) is 3.63. The number of anilines is 1. The summed E-state index contributed by atoms with van der Waals surface area (Å²) in [6, 6.07) is 12.5. The Morgan fingerprint density at radius 2 is 1.97 bits per heavy atom. The number of aromatic nitrogens is 2. The first-order chi connectivity index (χ1) is 14.0. The molecule has 6 nitrogen and oxygen atoms in total. The highest BCUT2D eigenvalue weighted by atomic mass is 16.5. The molecular weight excluding hydrogens is 366 g/mol. The van der Waals surface area contributed by atoms with Crippen LogP contribution in [-0.2, 0) is 17.8 Å². The van der Waals surface area contributed by atoms with Gasteiger partial charge in [0, 0.05) is 33.0 Å². The van der Waals surface area contributed by atoms with Crippen LogP contribution < -0.4 is 9.64 Å². The molecule has 0 amide bonds. The van der Waals surface area contributed by atoms with E-state index in [9.17, 15) is 9.90 Å². The van der Waals surface area contributed by atoms with Crippen molar-refractivity contribution >= 4 is 22.7 Å². The Labute approximate surface area is 170 Å². The molecule has 1 N–H and O–H groups in total. The number of hydrogen-bond donors (Lipinski definition) is 1. The summed E-state index contributed by atoms with van der Waals surface area (Å²) in [6.45, 7) is 1.18. The molecule has 1 saturated carbocycles. The largest absolute Gasteiger partial charge is 0.492 e. The van der Waals surface area contributed by atoms with Crippen LogP contribution in [0.1, 0.15) is 24.8 Å². The smallest absolute Gasteiger partial charge is 0.313 e. The number of rotatable bonds is 9. The van der Waals surface area contributed by atoms with Gasteiger partial charge in [0.2, 0.25) is 5.95 Å². The molecule has 152 valence electrons. The lowest BCUT2D eigenvalue weighted by Crippen LogP contribution is -2.22. The van der Waals surface area contributed by atoms with E-state index in [1.54, 1.807) is 0 Å². The number of imidazole rings is 1. The van der Waals surface area contributed by atoms with Crippen LogP contribution in [0.2, 0.25) is 0 Å². The van der Waals surface area contributed by atoms with E-state index >= 15 is 0 Å². The van der Waals surface area contributed by atoms with Crippen molar-refractivity contribution < 1.29 is 14.6 Å². The zero-order valence-corrected chi connectivity index (χ0v) is 17.0. The number of carboxylic acids is 1. The fraction of sp³-hybridized carbons (Fsp3) is 0.391. The highest BCUT2D eigenvalue weighted by Crippen LogP contribution is 2.46. The minimum Gasteiger partial charge on any atom is -0.492 e. The number of hydrogen-bond acceptors (Lipinski definition) is 4. The lowest BCUT2D eigenvalue weighted by molar-refractivity contribution is -0.144. The molecule has 4 rings (SSSR count). The van der Waals surface area contributed by atoms with Gasteiger partial charge in [0.15, 0.2) is 0 Å². The standard InChI is InChI=1S/C23H27N3O3/c1-25(2)22-24-11-13-26(22)12-3-4-17-5-6-19-15-20(8-7-18(19)14-17)29-16-23(9-10-23)21(27)28/h5-8,11,13-15H,3-4,9-10,12,16H2,1-2H3,(H,27,28). The number of nitrogens with zero attached hydrogens (tertiary/aromatic N) is 3. The number of ether oxygens (including phenoxy) is 1. The first-order valence-corrected chi connectivity index (χ1v) is 10.0. The average Bonchev–Trinajstić information content (AvgIpc) is 3.36. The van der Waals surface area contributed by atoms with Crippen molar-refractivity contribution in [2.24, 2.45) is 5.41 Å². The zero-order chi connectivity index (χ0) is 20.4. The third-order valence-corrected chi connectivity index (χ3v) is 5.66. The third kappa shape index (κ3) is 4.21. The molecule has 0 spiro atoms. The van der Waals surface area contributed by atoms with Gasteiger partial charge >= 0.3 is 5.97 Å². The number of fused-ring (bicyclic) bond motifs is 1. The molecule has 0 aliphatic heterocycles. The van der Waals surface area contributed by atoms with Gasteiger partial charge in [0.1, 0.15) is 17.8 Å². The monoisotopic (exact) mass is 393 g/mol. The number of carboxylic acid groups (broad SMARTS) is 1. The van der Waals surface area contributed by atoms with E-state index in [0.717, 1.165) is 36.5 Å². The highest BCUT2D eigenvalue weighted by Gasteiger charge is 2.51. The number of aliphatic carboxylic acids is 1. The van der Waals surface area contributed by atoms with E-state index in [1.165, 1.54) is 10.9 Å². The quantitative estimate of drug-likeness (QED) is 0.596. The fourth-order valence-electron chi connectivity index (χ4n) is 3.63. The molecular formula is C23H27N3O3. The van der Waals surface area contributed by atoms with Crippen LogP contribution in [0.5, 0.6) is 5.75 Å². The molecule has 1 aliphatic carbocycles. The van der Waals surface area contributed by atoms with Crippen LogP contribution in [0.15, 0.2) is 48.8 Å². The van der Waals surface area contributed by atoms with E-state index in [1.807, 2.05) is 43.5 Å². The van der Waals surface area contributed by atoms with Crippen molar-refractivity contribution in [3.05, 3.63) is 54.4 Å². The number of carbonyl (C=O) groups is 1. The van der Waals surface area contributed by atoms with Gasteiger partial charge in [-0.3, -0.25) is 4.79 Å². The maximum atomic E-state index is 11.3. The summed E-state index contributed by atoms with van der Waals surface area (Å²) in [5, 5.41) is 11.5. The normalized spacial score (nSPS) is 14.7. The van der Waals surface area contributed by atoms with Gasteiger partial charge in [-0.05, 0) is 54.2 Å². The van der Waals surface area contributed by atoms with Crippen LogP contribution in [0.3, 0.4) is 0 Å². The van der Waals surface area contributed by atoms with Gasteiger partial charge in [-0.25, -0.2) is 4.98 Å². The molecule has 0 bridgehead atoms. The third-order valence-electron chi connectivity index (χ3n) is 5.66. The van der Waals surface area contributed by atoms with Crippen molar-refractivity contribution in [3.63, 3.8) is 0 Å². The topological polar surface area (TPSA) is 67.6 Å². The molecule has 1 fully saturated rings. The van der Waals surface area contributed by atoms with Crippen LogP contribution in [0, 0.1) is 5.41 Å². The lowest BCUT2D eigenvalue weighted by atomic mass is 10.0. The maximum Gasteiger partial charge on any atom is 0.313 e. The van der Waals surface area contributed by atoms with Crippen molar-refractivity contribution in [3.8, 4) is 5.75 Å². The van der Waals surface area contributed by atoms with Gasteiger partial charge in [-0.2, -0.15) is 0 Å². The second kappa shape index (κ2) is 7.78. The van der Waals surface area contributed by atoms with Crippen LogP contribution >= 0.6 is 0 Å². The van der Waals surface area contributed by atoms with Gasteiger partial charge in [-0.1, -0.05) is 24.3 Å². The second-order valence-electron chi connectivity index (χ2n) is 8.14. The first kappa shape index (κ1) is 19.3. The van der Waals surface area contributed by atoms with Crippen LogP contribution in [0.25, 0.3) is 10.8 Å². The van der Waals surface area contributed by atoms with Crippen LogP contribution in [0.4, 0.5) is 5.95 Å². The summed E-state index contributed by atoms with van der Waals surface area (Å²) in [4.78, 5) is 17.7. The van der Waals surface area contributed by atoms with Crippen molar-refractivity contribution in [2.75, 3.05) is 25.6 Å². The summed E-state index contributed by atoms with van der Waals surface area (Å²) in [6.07, 6.45) is 7.31. The molecule has 0 atom stereocenters. The van der Waals surface area contributed by atoms with E-state index in [-0.39, 0.29) is 6.61 Å². The average molecular weight is 393 g/mol. The first-order valence-electron chi connectivity index (χ1n) is 10.0. The minimum atomic E-state index is -0.753. The van der Waals surface area contributed by atoms with E-state index < -0.39 is 11.4 Å². The minimum absolute atomic E-state index is 0.245.